The summed E-state index contributed by atoms with van der Waals surface area (Å²) in [6.45, 7) is 1.02. The van der Waals surface area contributed by atoms with E-state index in [0.29, 0.717) is 19.5 Å². The summed E-state index contributed by atoms with van der Waals surface area (Å²) >= 11 is 0. The zero-order valence-electron chi connectivity index (χ0n) is 10.3. The monoisotopic (exact) mass is 258 g/mol. The zero-order valence-corrected chi connectivity index (χ0v) is 10.3. The van der Waals surface area contributed by atoms with Crippen LogP contribution in [0.3, 0.4) is 0 Å². The van der Waals surface area contributed by atoms with Gasteiger partial charge >= 0.3 is 0 Å². The lowest BCUT2D eigenvalue weighted by molar-refractivity contribution is -0.123. The minimum Gasteiger partial charge on any atom is -0.349 e. The standard InChI is InChI=1S/C12H14N6O/c19-12(14-5-8-2-1-3-17-18-8)10-4-9-11(6-13-10)16-7-15-9/h1-3,7,10,13H,4-6H2,(H,14,19)(H,15,16). The Hall–Kier alpha value is -2.28. The van der Waals surface area contributed by atoms with E-state index in [1.807, 2.05) is 6.07 Å². The Bertz CT molecular complexity index is 567. The first-order valence-corrected chi connectivity index (χ1v) is 6.12. The molecule has 0 fully saturated rings. The molecule has 7 heteroatoms. The molecule has 1 unspecified atom stereocenters. The highest BCUT2D eigenvalue weighted by atomic mass is 16.2. The number of aromatic amines is 1. The molecule has 98 valence electrons. The first-order chi connectivity index (χ1) is 9.33. The van der Waals surface area contributed by atoms with Crippen molar-refractivity contribution in [1.29, 1.82) is 0 Å². The number of carbonyl (C=O) groups excluding carboxylic acids is 1. The molecule has 1 amide bonds. The van der Waals surface area contributed by atoms with Gasteiger partial charge in [0.25, 0.3) is 0 Å². The fraction of sp³-hybridized carbons (Fsp3) is 0.333. The van der Waals surface area contributed by atoms with Crippen molar-refractivity contribution < 1.29 is 4.79 Å². The van der Waals surface area contributed by atoms with E-state index in [4.69, 9.17) is 0 Å². The fourth-order valence-corrected chi connectivity index (χ4v) is 2.08. The highest BCUT2D eigenvalue weighted by Gasteiger charge is 2.25. The van der Waals surface area contributed by atoms with Crippen LogP contribution in [0.2, 0.25) is 0 Å². The molecule has 2 aromatic rings. The molecule has 3 N–H and O–H groups in total. The Morgan fingerprint density at radius 3 is 3.32 bits per heavy atom. The third kappa shape index (κ3) is 2.60. The quantitative estimate of drug-likeness (QED) is 0.692. The van der Waals surface area contributed by atoms with Crippen molar-refractivity contribution in [3.05, 3.63) is 41.7 Å². The lowest BCUT2D eigenvalue weighted by Crippen LogP contribution is -2.47. The molecular formula is C12H14N6O. The van der Waals surface area contributed by atoms with Crippen LogP contribution < -0.4 is 10.6 Å². The molecule has 0 spiro atoms. The van der Waals surface area contributed by atoms with Crippen LogP contribution in [0.25, 0.3) is 0 Å². The third-order valence-corrected chi connectivity index (χ3v) is 3.12. The minimum atomic E-state index is -0.243. The van der Waals surface area contributed by atoms with Gasteiger partial charge in [-0.25, -0.2) is 4.98 Å². The molecule has 2 aromatic heterocycles. The average Bonchev–Trinajstić information content (AvgIpc) is 2.93. The minimum absolute atomic E-state index is 0.0423. The molecule has 19 heavy (non-hydrogen) atoms. The van der Waals surface area contributed by atoms with E-state index in [1.165, 1.54) is 0 Å². The van der Waals surface area contributed by atoms with Gasteiger partial charge in [-0.3, -0.25) is 10.1 Å². The number of nitrogens with zero attached hydrogens (tertiary/aromatic N) is 3. The van der Waals surface area contributed by atoms with Crippen molar-refractivity contribution in [3.8, 4) is 0 Å². The van der Waals surface area contributed by atoms with Gasteiger partial charge in [0.2, 0.25) is 5.91 Å². The van der Waals surface area contributed by atoms with E-state index in [0.717, 1.165) is 17.1 Å². The predicted octanol–water partition coefficient (Wildman–Crippen LogP) is -0.470. The number of H-pyrrole nitrogens is 1. The SMILES string of the molecule is O=C(NCc1cccnn1)C1Cc2nc[nH]c2CN1. The highest BCUT2D eigenvalue weighted by Crippen LogP contribution is 2.12. The van der Waals surface area contributed by atoms with E-state index in [2.05, 4.69) is 30.8 Å². The van der Waals surface area contributed by atoms with E-state index in [1.54, 1.807) is 18.6 Å². The summed E-state index contributed by atoms with van der Waals surface area (Å²) in [6, 6.07) is 3.38. The fourth-order valence-electron chi connectivity index (χ4n) is 2.08. The first-order valence-electron chi connectivity index (χ1n) is 6.12. The number of aromatic nitrogens is 4. The number of hydrogen-bond donors (Lipinski definition) is 3. The number of amides is 1. The molecule has 1 aliphatic heterocycles. The molecule has 3 heterocycles. The molecule has 0 bridgehead atoms. The Balaban J connectivity index is 1.57. The van der Waals surface area contributed by atoms with Gasteiger partial charge in [0, 0.05) is 19.2 Å². The van der Waals surface area contributed by atoms with Crippen molar-refractivity contribution in [1.82, 2.24) is 30.8 Å². The van der Waals surface area contributed by atoms with Gasteiger partial charge in [0.1, 0.15) is 0 Å². The summed E-state index contributed by atoms with van der Waals surface area (Å²) in [6.07, 6.45) is 3.87. The summed E-state index contributed by atoms with van der Waals surface area (Å²) in [4.78, 5) is 19.3. The maximum atomic E-state index is 12.0. The molecule has 0 radical (unpaired) electrons. The summed E-state index contributed by atoms with van der Waals surface area (Å²) in [7, 11) is 0. The number of fused-ring (bicyclic) bond motifs is 1. The van der Waals surface area contributed by atoms with Crippen LogP contribution in [0.15, 0.2) is 24.7 Å². The summed E-state index contributed by atoms with van der Waals surface area (Å²) in [5.41, 5.74) is 2.75. The van der Waals surface area contributed by atoms with Crippen molar-refractivity contribution in [2.75, 3.05) is 0 Å². The third-order valence-electron chi connectivity index (χ3n) is 3.12. The Kier molecular flexibility index (Phi) is 3.20. The second-order valence-corrected chi connectivity index (χ2v) is 4.40. The molecule has 3 rings (SSSR count). The van der Waals surface area contributed by atoms with E-state index in [-0.39, 0.29) is 11.9 Å². The average molecular weight is 258 g/mol. The second kappa shape index (κ2) is 5.15. The van der Waals surface area contributed by atoms with Gasteiger partial charge in [-0.05, 0) is 12.1 Å². The smallest absolute Gasteiger partial charge is 0.237 e. The van der Waals surface area contributed by atoms with Gasteiger partial charge in [-0.1, -0.05) is 0 Å². The van der Waals surface area contributed by atoms with E-state index in [9.17, 15) is 4.79 Å². The molecule has 1 aliphatic rings. The van der Waals surface area contributed by atoms with Gasteiger partial charge in [0.05, 0.1) is 36.0 Å². The summed E-state index contributed by atoms with van der Waals surface area (Å²) < 4.78 is 0. The Morgan fingerprint density at radius 1 is 1.53 bits per heavy atom. The number of imidazole rings is 1. The van der Waals surface area contributed by atoms with Gasteiger partial charge in [0.15, 0.2) is 0 Å². The normalized spacial score (nSPS) is 17.8. The van der Waals surface area contributed by atoms with Crippen molar-refractivity contribution in [2.45, 2.75) is 25.6 Å². The second-order valence-electron chi connectivity index (χ2n) is 4.40. The van der Waals surface area contributed by atoms with E-state index >= 15 is 0 Å². The van der Waals surface area contributed by atoms with Crippen LogP contribution in [0.1, 0.15) is 17.1 Å². The highest BCUT2D eigenvalue weighted by molar-refractivity contribution is 5.82. The first kappa shape index (κ1) is 11.8. The number of rotatable bonds is 3. The predicted molar refractivity (Wildman–Crippen MR) is 66.8 cm³/mol. The van der Waals surface area contributed by atoms with Crippen LogP contribution in [0, 0.1) is 0 Å². The maximum Gasteiger partial charge on any atom is 0.237 e. The number of carbonyl (C=O) groups is 1. The van der Waals surface area contributed by atoms with Crippen LogP contribution in [0.4, 0.5) is 0 Å². The van der Waals surface area contributed by atoms with Gasteiger partial charge < -0.3 is 10.3 Å². The zero-order chi connectivity index (χ0) is 13.1. The molecule has 7 nitrogen and oxygen atoms in total. The van der Waals surface area contributed by atoms with Crippen molar-refractivity contribution in [2.24, 2.45) is 0 Å². The van der Waals surface area contributed by atoms with Crippen LogP contribution in [0.5, 0.6) is 0 Å². The van der Waals surface area contributed by atoms with Crippen molar-refractivity contribution >= 4 is 5.91 Å². The van der Waals surface area contributed by atoms with E-state index < -0.39 is 0 Å². The Morgan fingerprint density at radius 2 is 2.47 bits per heavy atom. The number of nitrogens with one attached hydrogen (secondary N) is 3. The molecule has 0 aliphatic carbocycles. The summed E-state index contributed by atoms with van der Waals surface area (Å²) in [5, 5.41) is 13.7. The van der Waals surface area contributed by atoms with Crippen LogP contribution >= 0.6 is 0 Å². The Labute approximate surface area is 109 Å². The van der Waals surface area contributed by atoms with Crippen LogP contribution in [-0.2, 0) is 24.3 Å². The molecule has 1 atom stereocenters. The molecule has 0 saturated heterocycles. The largest absolute Gasteiger partial charge is 0.349 e. The van der Waals surface area contributed by atoms with Crippen molar-refractivity contribution in [3.63, 3.8) is 0 Å². The maximum absolute atomic E-state index is 12.0. The molecular weight excluding hydrogens is 244 g/mol. The molecule has 0 saturated carbocycles. The lowest BCUT2D eigenvalue weighted by Gasteiger charge is -2.22. The summed E-state index contributed by atoms with van der Waals surface area (Å²) in [5.74, 6) is -0.0423. The lowest BCUT2D eigenvalue weighted by atomic mass is 10.0. The van der Waals surface area contributed by atoms with Gasteiger partial charge in [-0.2, -0.15) is 10.2 Å². The molecule has 0 aromatic carbocycles. The van der Waals surface area contributed by atoms with Gasteiger partial charge in [-0.15, -0.1) is 0 Å². The van der Waals surface area contributed by atoms with Crippen LogP contribution in [-0.4, -0.2) is 32.1 Å². The topological polar surface area (TPSA) is 95.6 Å². The number of hydrogen-bond acceptors (Lipinski definition) is 5.